The highest BCUT2D eigenvalue weighted by Crippen LogP contribution is 2.25. The van der Waals surface area contributed by atoms with E-state index < -0.39 is 48.1 Å². The second kappa shape index (κ2) is 24.3. The van der Waals surface area contributed by atoms with Crippen molar-refractivity contribution < 1.29 is 28.8 Å². The van der Waals surface area contributed by atoms with Gasteiger partial charge >= 0.3 is 0 Å². The number of benzene rings is 1. The zero-order valence-electron chi connectivity index (χ0n) is 39.8. The molecule has 0 unspecified atom stereocenters. The predicted molar refractivity (Wildman–Crippen MR) is 237 cm³/mol. The van der Waals surface area contributed by atoms with Crippen molar-refractivity contribution in [2.75, 3.05) is 48.8 Å². The molecule has 1 aromatic carbocycles. The van der Waals surface area contributed by atoms with Gasteiger partial charge in [-0.25, -0.2) is 0 Å². The zero-order valence-corrected chi connectivity index (χ0v) is 39.8. The standard InChI is InChI=1S/C46H81N7O6/c1-28(2)26-35(47-13)42(55)49(14)36(27-29(3)4)43(56)51(16)38(31(7)8)45(58)53(18)40(33(11)12)46(59)52(17)39(32(9)10)44(57)50(15)37(30(5)6)41(54)48-25-24-34-22-20-19-21-23-34/h19-23,28-33,35-40,47H,24-27H2,1-18H3,(H,48,54)/t35-,36-,37-,38-,39-,40-/m0/s1. The molecule has 0 saturated heterocycles. The molecule has 13 heteroatoms. The van der Waals surface area contributed by atoms with E-state index in [1.807, 2.05) is 113 Å². The van der Waals surface area contributed by atoms with Crippen LogP contribution in [0.15, 0.2) is 30.3 Å². The fraction of sp³-hybridized carbons (Fsp3) is 0.739. The lowest BCUT2D eigenvalue weighted by molar-refractivity contribution is -0.158. The molecule has 0 radical (unpaired) electrons. The Hall–Kier alpha value is -4.00. The van der Waals surface area contributed by atoms with Crippen molar-refractivity contribution in [1.29, 1.82) is 0 Å². The molecule has 13 nitrogen and oxygen atoms in total. The van der Waals surface area contributed by atoms with Gasteiger partial charge in [-0.05, 0) is 67.4 Å². The van der Waals surface area contributed by atoms with Gasteiger partial charge in [0.2, 0.25) is 35.4 Å². The van der Waals surface area contributed by atoms with Gasteiger partial charge in [0, 0.05) is 41.8 Å². The summed E-state index contributed by atoms with van der Waals surface area (Å²) >= 11 is 0. The van der Waals surface area contributed by atoms with E-state index in [-0.39, 0.29) is 59.1 Å². The molecule has 0 bridgehead atoms. The molecular weight excluding hydrogens is 747 g/mol. The Kier molecular flexibility index (Phi) is 21.8. The summed E-state index contributed by atoms with van der Waals surface area (Å²) in [5.74, 6) is -2.91. The van der Waals surface area contributed by atoms with Crippen molar-refractivity contribution in [3.63, 3.8) is 0 Å². The molecule has 1 rings (SSSR count). The number of rotatable bonds is 23. The molecule has 59 heavy (non-hydrogen) atoms. The number of carbonyl (C=O) groups is 6. The van der Waals surface area contributed by atoms with Gasteiger partial charge in [0.05, 0.1) is 6.04 Å². The first-order valence-corrected chi connectivity index (χ1v) is 21.7. The smallest absolute Gasteiger partial charge is 0.246 e. The largest absolute Gasteiger partial charge is 0.354 e. The maximum atomic E-state index is 14.6. The zero-order chi connectivity index (χ0) is 45.6. The average Bonchev–Trinajstić information content (AvgIpc) is 3.14. The van der Waals surface area contributed by atoms with E-state index in [1.165, 1.54) is 24.5 Å². The van der Waals surface area contributed by atoms with E-state index in [0.29, 0.717) is 25.8 Å². The van der Waals surface area contributed by atoms with Crippen molar-refractivity contribution in [3.05, 3.63) is 35.9 Å². The molecular formula is C46H81N7O6. The Balaban J connectivity index is 3.45. The Morgan fingerprint density at radius 2 is 0.864 bits per heavy atom. The quantitative estimate of drug-likeness (QED) is 0.162. The summed E-state index contributed by atoms with van der Waals surface area (Å²) in [6.45, 7) is 23.4. The summed E-state index contributed by atoms with van der Waals surface area (Å²) in [7, 11) is 9.74. The van der Waals surface area contributed by atoms with Crippen molar-refractivity contribution in [1.82, 2.24) is 35.1 Å². The van der Waals surface area contributed by atoms with Crippen LogP contribution in [0.3, 0.4) is 0 Å². The Bertz CT molecular complexity index is 1510. The molecule has 0 aromatic heterocycles. The monoisotopic (exact) mass is 828 g/mol. The second-order valence-electron chi connectivity index (χ2n) is 18.6. The number of hydrogen-bond acceptors (Lipinski definition) is 7. The van der Waals surface area contributed by atoms with Crippen LogP contribution in [-0.4, -0.2) is 145 Å². The molecule has 0 fully saturated rings. The van der Waals surface area contributed by atoms with Gasteiger partial charge in [-0.3, -0.25) is 28.8 Å². The van der Waals surface area contributed by atoms with Crippen LogP contribution in [0.2, 0.25) is 0 Å². The Labute approximate surface area is 357 Å². The minimum atomic E-state index is -0.970. The van der Waals surface area contributed by atoms with Gasteiger partial charge in [0.1, 0.15) is 30.2 Å². The minimum absolute atomic E-state index is 0.0839. The number of nitrogens with one attached hydrogen (secondary N) is 2. The van der Waals surface area contributed by atoms with Crippen molar-refractivity contribution in [3.8, 4) is 0 Å². The van der Waals surface area contributed by atoms with Crippen LogP contribution >= 0.6 is 0 Å². The van der Waals surface area contributed by atoms with Crippen LogP contribution < -0.4 is 10.6 Å². The molecule has 1 aromatic rings. The molecule has 6 amide bonds. The van der Waals surface area contributed by atoms with E-state index in [2.05, 4.69) is 10.6 Å². The Morgan fingerprint density at radius 1 is 0.492 bits per heavy atom. The van der Waals surface area contributed by atoms with E-state index in [4.69, 9.17) is 0 Å². The normalized spacial score (nSPS) is 14.8. The third kappa shape index (κ3) is 14.6. The highest BCUT2D eigenvalue weighted by molar-refractivity contribution is 5.97. The third-order valence-corrected chi connectivity index (χ3v) is 11.3. The van der Waals surface area contributed by atoms with Gasteiger partial charge in [-0.1, -0.05) is 113 Å². The van der Waals surface area contributed by atoms with Crippen LogP contribution in [0.4, 0.5) is 0 Å². The van der Waals surface area contributed by atoms with Crippen molar-refractivity contribution in [2.24, 2.45) is 35.5 Å². The fourth-order valence-corrected chi connectivity index (χ4v) is 8.19. The third-order valence-electron chi connectivity index (χ3n) is 11.3. The Morgan fingerprint density at radius 3 is 1.22 bits per heavy atom. The molecule has 336 valence electrons. The summed E-state index contributed by atoms with van der Waals surface area (Å²) in [4.78, 5) is 92.6. The molecule has 0 aliphatic heterocycles. The van der Waals surface area contributed by atoms with Crippen molar-refractivity contribution >= 4 is 35.4 Å². The van der Waals surface area contributed by atoms with Gasteiger partial charge in [-0.15, -0.1) is 0 Å². The van der Waals surface area contributed by atoms with Crippen LogP contribution in [0, 0.1) is 35.5 Å². The molecule has 6 atom stereocenters. The van der Waals surface area contributed by atoms with Crippen LogP contribution in [0.5, 0.6) is 0 Å². The number of amides is 6. The van der Waals surface area contributed by atoms with E-state index in [9.17, 15) is 28.8 Å². The first-order chi connectivity index (χ1) is 27.3. The van der Waals surface area contributed by atoms with Crippen LogP contribution in [0.1, 0.15) is 101 Å². The van der Waals surface area contributed by atoms with Crippen molar-refractivity contribution in [2.45, 2.75) is 139 Å². The van der Waals surface area contributed by atoms with Gasteiger partial charge in [0.15, 0.2) is 0 Å². The second-order valence-corrected chi connectivity index (χ2v) is 18.6. The maximum Gasteiger partial charge on any atom is 0.246 e. The van der Waals surface area contributed by atoms with E-state index in [1.54, 1.807) is 42.3 Å². The SMILES string of the molecule is CN[C@@H](CC(C)C)C(=O)N(C)[C@@H](CC(C)C)C(=O)N(C)[C@H](C(=O)N(C)[C@H](C(=O)N(C)[C@H](C(=O)N(C)[C@H](C(=O)NCCc1ccccc1)C(C)C)C(C)C)C(C)C)C(C)C. The van der Waals surface area contributed by atoms with Gasteiger partial charge < -0.3 is 35.1 Å². The fourth-order valence-electron chi connectivity index (χ4n) is 8.19. The number of hydrogen-bond donors (Lipinski definition) is 2. The molecule has 0 heterocycles. The summed E-state index contributed by atoms with van der Waals surface area (Å²) < 4.78 is 0. The lowest BCUT2D eigenvalue weighted by Crippen LogP contribution is -2.63. The molecule has 0 saturated carbocycles. The first kappa shape index (κ1) is 53.0. The number of nitrogens with zero attached hydrogens (tertiary/aromatic N) is 5. The molecule has 0 spiro atoms. The number of likely N-dealkylation sites (N-methyl/N-ethyl adjacent to an activating group) is 6. The molecule has 0 aliphatic carbocycles. The average molecular weight is 828 g/mol. The van der Waals surface area contributed by atoms with E-state index in [0.717, 1.165) is 5.56 Å². The summed E-state index contributed by atoms with van der Waals surface area (Å²) in [5, 5.41) is 6.11. The van der Waals surface area contributed by atoms with Gasteiger partial charge in [-0.2, -0.15) is 0 Å². The predicted octanol–water partition coefficient (Wildman–Crippen LogP) is 4.78. The summed E-state index contributed by atoms with van der Waals surface area (Å²) in [6.07, 6.45) is 1.66. The lowest BCUT2D eigenvalue weighted by atomic mass is 9.93. The first-order valence-electron chi connectivity index (χ1n) is 21.7. The van der Waals surface area contributed by atoms with E-state index >= 15 is 0 Å². The number of carbonyl (C=O) groups excluding carboxylic acids is 6. The van der Waals surface area contributed by atoms with Gasteiger partial charge in [0.25, 0.3) is 0 Å². The topological polar surface area (TPSA) is 143 Å². The van der Waals surface area contributed by atoms with Crippen LogP contribution in [0.25, 0.3) is 0 Å². The summed E-state index contributed by atoms with van der Waals surface area (Å²) in [6, 6.07) is 4.96. The highest BCUT2D eigenvalue weighted by Gasteiger charge is 2.44. The molecule has 0 aliphatic rings. The highest BCUT2D eigenvalue weighted by atomic mass is 16.2. The molecule has 2 N–H and O–H groups in total. The minimum Gasteiger partial charge on any atom is -0.354 e. The van der Waals surface area contributed by atoms with Crippen LogP contribution in [-0.2, 0) is 35.2 Å². The summed E-state index contributed by atoms with van der Waals surface area (Å²) in [5.41, 5.74) is 1.09. The lowest BCUT2D eigenvalue weighted by Gasteiger charge is -2.42. The maximum absolute atomic E-state index is 14.6.